The van der Waals surface area contributed by atoms with E-state index in [0.717, 1.165) is 12.1 Å². The molecule has 8 nitrogen and oxygen atoms in total. The average molecular weight is 475 g/mol. The van der Waals surface area contributed by atoms with E-state index >= 15 is 0 Å². The van der Waals surface area contributed by atoms with E-state index in [1.54, 1.807) is 42.5 Å². The molecule has 10 heteroatoms. The first-order valence-electron chi connectivity index (χ1n) is 9.14. The second-order valence-corrected chi connectivity index (χ2v) is 7.27. The predicted molar refractivity (Wildman–Crippen MR) is 119 cm³/mol. The van der Waals surface area contributed by atoms with Crippen molar-refractivity contribution >= 4 is 46.5 Å². The number of anilines is 1. The highest BCUT2D eigenvalue weighted by molar-refractivity contribution is 6.33. The van der Waals surface area contributed by atoms with Crippen LogP contribution < -0.4 is 10.1 Å². The first-order chi connectivity index (χ1) is 15.3. The standard InChI is InChI=1S/C22H16Cl2N2O6/c1-31-19-10-7-14(11-18(19)24)25-21(27)20(13-5-3-2-4-6-13)32-22(28)16-12-15(26(29)30)8-9-17(16)23/h2-12,20H,1H3,(H,25,27). The molecule has 0 aliphatic rings. The maximum absolute atomic E-state index is 13.0. The van der Waals surface area contributed by atoms with Gasteiger partial charge >= 0.3 is 5.97 Å². The summed E-state index contributed by atoms with van der Waals surface area (Å²) in [6.45, 7) is 0. The number of methoxy groups -OCH3 is 1. The summed E-state index contributed by atoms with van der Waals surface area (Å²) in [5.41, 5.74) is 0.169. The van der Waals surface area contributed by atoms with Crippen LogP contribution in [0.15, 0.2) is 66.7 Å². The summed E-state index contributed by atoms with van der Waals surface area (Å²) in [7, 11) is 1.46. The van der Waals surface area contributed by atoms with Crippen molar-refractivity contribution in [2.75, 3.05) is 12.4 Å². The minimum atomic E-state index is -1.36. The number of nitrogens with zero attached hydrogens (tertiary/aromatic N) is 1. The Morgan fingerprint density at radius 3 is 2.34 bits per heavy atom. The van der Waals surface area contributed by atoms with Crippen molar-refractivity contribution < 1.29 is 24.0 Å². The van der Waals surface area contributed by atoms with E-state index in [0.29, 0.717) is 17.0 Å². The lowest BCUT2D eigenvalue weighted by molar-refractivity contribution is -0.384. The lowest BCUT2D eigenvalue weighted by Gasteiger charge is -2.19. The van der Waals surface area contributed by atoms with Gasteiger partial charge in [-0.3, -0.25) is 14.9 Å². The van der Waals surface area contributed by atoms with E-state index in [4.69, 9.17) is 32.7 Å². The number of esters is 1. The Balaban J connectivity index is 1.89. The third-order valence-electron chi connectivity index (χ3n) is 4.37. The van der Waals surface area contributed by atoms with E-state index < -0.39 is 22.9 Å². The molecule has 0 spiro atoms. The number of amides is 1. The molecule has 0 heterocycles. The van der Waals surface area contributed by atoms with Gasteiger partial charge < -0.3 is 14.8 Å². The summed E-state index contributed by atoms with van der Waals surface area (Å²) in [6, 6.07) is 16.3. The lowest BCUT2D eigenvalue weighted by Crippen LogP contribution is -2.26. The summed E-state index contributed by atoms with van der Waals surface area (Å²) in [6.07, 6.45) is -1.36. The van der Waals surface area contributed by atoms with Crippen LogP contribution in [0.4, 0.5) is 11.4 Å². The number of hydrogen-bond donors (Lipinski definition) is 1. The van der Waals surface area contributed by atoms with Crippen LogP contribution in [0.3, 0.4) is 0 Å². The highest BCUT2D eigenvalue weighted by Crippen LogP contribution is 2.29. The van der Waals surface area contributed by atoms with Gasteiger partial charge in [0.2, 0.25) is 6.10 Å². The zero-order chi connectivity index (χ0) is 23.3. The van der Waals surface area contributed by atoms with Crippen LogP contribution in [-0.4, -0.2) is 23.9 Å². The van der Waals surface area contributed by atoms with Gasteiger partial charge in [-0.25, -0.2) is 4.79 Å². The van der Waals surface area contributed by atoms with Crippen molar-refractivity contribution in [3.05, 3.63) is 98.0 Å². The molecule has 0 saturated carbocycles. The topological polar surface area (TPSA) is 108 Å². The lowest BCUT2D eigenvalue weighted by atomic mass is 10.1. The fourth-order valence-electron chi connectivity index (χ4n) is 2.81. The molecule has 3 aromatic rings. The third kappa shape index (κ3) is 5.35. The highest BCUT2D eigenvalue weighted by atomic mass is 35.5. The van der Waals surface area contributed by atoms with Crippen LogP contribution >= 0.6 is 23.2 Å². The molecule has 0 aromatic heterocycles. The molecular weight excluding hydrogens is 459 g/mol. The number of hydrogen-bond acceptors (Lipinski definition) is 6. The van der Waals surface area contributed by atoms with Crippen LogP contribution in [0.5, 0.6) is 5.75 Å². The Hall–Kier alpha value is -3.62. The molecule has 1 N–H and O–H groups in total. The molecule has 164 valence electrons. The van der Waals surface area contributed by atoms with E-state index in [9.17, 15) is 19.7 Å². The largest absolute Gasteiger partial charge is 0.495 e. The average Bonchev–Trinajstić information content (AvgIpc) is 2.78. The summed E-state index contributed by atoms with van der Waals surface area (Å²) < 4.78 is 10.5. The van der Waals surface area contributed by atoms with Crippen LogP contribution in [0.2, 0.25) is 10.0 Å². The first-order valence-corrected chi connectivity index (χ1v) is 9.90. The van der Waals surface area contributed by atoms with Gasteiger partial charge in [0.1, 0.15) is 5.75 Å². The molecule has 3 rings (SSSR count). The van der Waals surface area contributed by atoms with Crippen LogP contribution in [0.25, 0.3) is 0 Å². The fraction of sp³-hybridized carbons (Fsp3) is 0.0909. The number of nitrogens with one attached hydrogen (secondary N) is 1. The first kappa shape index (κ1) is 23.1. The zero-order valence-electron chi connectivity index (χ0n) is 16.6. The Morgan fingerprint density at radius 2 is 1.72 bits per heavy atom. The fourth-order valence-corrected chi connectivity index (χ4v) is 3.26. The third-order valence-corrected chi connectivity index (χ3v) is 4.99. The van der Waals surface area contributed by atoms with Gasteiger partial charge in [-0.05, 0) is 24.3 Å². The monoisotopic (exact) mass is 474 g/mol. The summed E-state index contributed by atoms with van der Waals surface area (Å²) in [4.78, 5) is 36.2. The Kier molecular flexibility index (Phi) is 7.29. The smallest absolute Gasteiger partial charge is 0.341 e. The molecule has 0 aliphatic carbocycles. The number of non-ortho nitro benzene ring substituents is 1. The quantitative estimate of drug-likeness (QED) is 0.277. The van der Waals surface area contributed by atoms with Gasteiger partial charge in [-0.2, -0.15) is 0 Å². The van der Waals surface area contributed by atoms with Gasteiger partial charge in [0.25, 0.3) is 11.6 Å². The number of benzene rings is 3. The maximum atomic E-state index is 13.0. The van der Waals surface area contributed by atoms with Crippen molar-refractivity contribution in [3.63, 3.8) is 0 Å². The highest BCUT2D eigenvalue weighted by Gasteiger charge is 2.28. The maximum Gasteiger partial charge on any atom is 0.341 e. The van der Waals surface area contributed by atoms with Gasteiger partial charge in [0, 0.05) is 23.4 Å². The summed E-state index contributed by atoms with van der Waals surface area (Å²) in [5, 5.41) is 13.9. The summed E-state index contributed by atoms with van der Waals surface area (Å²) in [5.74, 6) is -1.22. The van der Waals surface area contributed by atoms with E-state index in [-0.39, 0.29) is 21.3 Å². The predicted octanol–water partition coefficient (Wildman–Crippen LogP) is 5.45. The molecule has 0 fully saturated rings. The molecule has 32 heavy (non-hydrogen) atoms. The molecule has 1 amide bonds. The number of nitro benzene ring substituents is 1. The minimum absolute atomic E-state index is 0.0465. The van der Waals surface area contributed by atoms with Crippen molar-refractivity contribution in [1.82, 2.24) is 0 Å². The number of carbonyl (C=O) groups is 2. The van der Waals surface area contributed by atoms with Gasteiger partial charge in [-0.15, -0.1) is 0 Å². The number of ether oxygens (including phenoxy) is 2. The van der Waals surface area contributed by atoms with Crippen LogP contribution in [0.1, 0.15) is 22.0 Å². The molecule has 0 bridgehead atoms. The Morgan fingerprint density at radius 1 is 1.00 bits per heavy atom. The van der Waals surface area contributed by atoms with E-state index in [2.05, 4.69) is 5.32 Å². The Labute approximate surface area is 192 Å². The molecule has 1 atom stereocenters. The second-order valence-electron chi connectivity index (χ2n) is 6.46. The van der Waals surface area contributed by atoms with Crippen LogP contribution in [0, 0.1) is 10.1 Å². The molecule has 1 unspecified atom stereocenters. The summed E-state index contributed by atoms with van der Waals surface area (Å²) >= 11 is 12.1. The number of rotatable bonds is 7. The van der Waals surface area contributed by atoms with Crippen molar-refractivity contribution in [3.8, 4) is 5.75 Å². The van der Waals surface area contributed by atoms with E-state index in [1.807, 2.05) is 0 Å². The molecule has 0 radical (unpaired) electrons. The van der Waals surface area contributed by atoms with Crippen molar-refractivity contribution in [2.45, 2.75) is 6.10 Å². The van der Waals surface area contributed by atoms with Crippen molar-refractivity contribution in [1.29, 1.82) is 0 Å². The number of halogens is 2. The minimum Gasteiger partial charge on any atom is -0.495 e. The van der Waals surface area contributed by atoms with Gasteiger partial charge in [0.15, 0.2) is 0 Å². The number of nitro groups is 1. The molecule has 0 aliphatic heterocycles. The zero-order valence-corrected chi connectivity index (χ0v) is 18.1. The number of carbonyl (C=O) groups excluding carboxylic acids is 2. The SMILES string of the molecule is COc1ccc(NC(=O)C(OC(=O)c2cc([N+](=O)[O-])ccc2Cl)c2ccccc2)cc1Cl. The van der Waals surface area contributed by atoms with Crippen LogP contribution in [-0.2, 0) is 9.53 Å². The van der Waals surface area contributed by atoms with Gasteiger partial charge in [-0.1, -0.05) is 53.5 Å². The molecular formula is C22H16Cl2N2O6. The van der Waals surface area contributed by atoms with E-state index in [1.165, 1.54) is 19.2 Å². The Bertz CT molecular complexity index is 1170. The molecule has 3 aromatic carbocycles. The van der Waals surface area contributed by atoms with Crippen molar-refractivity contribution in [2.24, 2.45) is 0 Å². The second kappa shape index (κ2) is 10.1. The normalized spacial score (nSPS) is 11.3. The van der Waals surface area contributed by atoms with Gasteiger partial charge in [0.05, 0.1) is 27.6 Å². The molecule has 0 saturated heterocycles.